The fraction of sp³-hybridized carbons (Fsp3) is 0.0769. The van der Waals surface area contributed by atoms with Gasteiger partial charge in [0.25, 0.3) is 0 Å². The van der Waals surface area contributed by atoms with Gasteiger partial charge in [-0.1, -0.05) is 18.2 Å². The van der Waals surface area contributed by atoms with E-state index in [0.717, 1.165) is 0 Å². The first kappa shape index (κ1) is 14.4. The predicted octanol–water partition coefficient (Wildman–Crippen LogP) is 1.59. The molecule has 0 atom stereocenters. The highest BCUT2D eigenvalue weighted by atomic mass is 32.2. The van der Waals surface area contributed by atoms with E-state index in [0.29, 0.717) is 5.69 Å². The molecule has 0 saturated carbocycles. The topological polar surface area (TPSA) is 84.2 Å². The van der Waals surface area contributed by atoms with Gasteiger partial charge in [-0.3, -0.25) is 5.84 Å². The molecular formula is C13H14FN3O2S. The molecule has 0 aliphatic carbocycles. The van der Waals surface area contributed by atoms with Crippen LogP contribution in [0.2, 0.25) is 0 Å². The average molecular weight is 295 g/mol. The number of nitrogens with two attached hydrogens (primary N) is 1. The van der Waals surface area contributed by atoms with Gasteiger partial charge in [0.05, 0.1) is 4.90 Å². The van der Waals surface area contributed by atoms with Crippen LogP contribution in [0, 0.1) is 5.82 Å². The minimum absolute atomic E-state index is 0.0906. The summed E-state index contributed by atoms with van der Waals surface area (Å²) >= 11 is 0. The maximum atomic E-state index is 13.4. The Balaban J connectivity index is 2.13. The summed E-state index contributed by atoms with van der Waals surface area (Å²) in [5, 5.41) is 0. The molecule has 2 aromatic rings. The van der Waals surface area contributed by atoms with Crippen molar-refractivity contribution in [2.45, 2.75) is 11.4 Å². The van der Waals surface area contributed by atoms with Crippen molar-refractivity contribution in [3.05, 3.63) is 59.9 Å². The fourth-order valence-corrected chi connectivity index (χ4v) is 2.63. The van der Waals surface area contributed by atoms with E-state index in [4.69, 9.17) is 5.84 Å². The summed E-state index contributed by atoms with van der Waals surface area (Å²) in [5.74, 6) is 4.76. The van der Waals surface area contributed by atoms with Crippen molar-refractivity contribution in [1.82, 2.24) is 4.72 Å². The van der Waals surface area contributed by atoms with Gasteiger partial charge in [0, 0.05) is 17.8 Å². The van der Waals surface area contributed by atoms with E-state index in [1.54, 1.807) is 12.1 Å². The van der Waals surface area contributed by atoms with E-state index in [1.807, 2.05) is 0 Å². The zero-order chi connectivity index (χ0) is 14.6. The Bertz CT molecular complexity index is 687. The van der Waals surface area contributed by atoms with Crippen LogP contribution in [-0.2, 0) is 16.6 Å². The molecule has 0 heterocycles. The lowest BCUT2D eigenvalue weighted by molar-refractivity contribution is 0.574. The summed E-state index contributed by atoms with van der Waals surface area (Å²) in [6, 6.07) is 11.9. The highest BCUT2D eigenvalue weighted by molar-refractivity contribution is 7.89. The van der Waals surface area contributed by atoms with Crippen LogP contribution in [0.4, 0.5) is 10.1 Å². The van der Waals surface area contributed by atoms with Crippen LogP contribution in [0.1, 0.15) is 5.56 Å². The lowest BCUT2D eigenvalue weighted by Crippen LogP contribution is -2.23. The van der Waals surface area contributed by atoms with Gasteiger partial charge in [0.2, 0.25) is 10.0 Å². The van der Waals surface area contributed by atoms with Crippen molar-refractivity contribution in [1.29, 1.82) is 0 Å². The third-order valence-corrected chi connectivity index (χ3v) is 4.16. The number of benzene rings is 2. The van der Waals surface area contributed by atoms with Crippen LogP contribution in [0.25, 0.3) is 0 Å². The van der Waals surface area contributed by atoms with Crippen LogP contribution >= 0.6 is 0 Å². The number of hydrogen-bond donors (Lipinski definition) is 3. The summed E-state index contributed by atoms with van der Waals surface area (Å²) in [5.41, 5.74) is 3.29. The van der Waals surface area contributed by atoms with Crippen molar-refractivity contribution in [3.63, 3.8) is 0 Å². The molecule has 0 aliphatic heterocycles. The number of rotatable bonds is 5. The quantitative estimate of drug-likeness (QED) is 0.578. The van der Waals surface area contributed by atoms with Gasteiger partial charge in [0.15, 0.2) is 0 Å². The van der Waals surface area contributed by atoms with Gasteiger partial charge in [0.1, 0.15) is 5.82 Å². The molecule has 2 aromatic carbocycles. The molecule has 106 valence electrons. The van der Waals surface area contributed by atoms with Crippen LogP contribution < -0.4 is 16.0 Å². The monoisotopic (exact) mass is 295 g/mol. The Morgan fingerprint density at radius 1 is 1.05 bits per heavy atom. The van der Waals surface area contributed by atoms with E-state index in [9.17, 15) is 12.8 Å². The summed E-state index contributed by atoms with van der Waals surface area (Å²) < 4.78 is 39.8. The first-order valence-corrected chi connectivity index (χ1v) is 7.31. The number of anilines is 1. The molecule has 0 saturated heterocycles. The van der Waals surface area contributed by atoms with Gasteiger partial charge in [-0.25, -0.2) is 17.5 Å². The molecule has 5 nitrogen and oxygen atoms in total. The second-order valence-corrected chi connectivity index (χ2v) is 5.85. The summed E-state index contributed by atoms with van der Waals surface area (Å²) in [6.07, 6.45) is 0. The molecule has 0 fully saturated rings. The molecule has 2 rings (SSSR count). The van der Waals surface area contributed by atoms with Crippen molar-refractivity contribution >= 4 is 15.7 Å². The second kappa shape index (κ2) is 6.00. The van der Waals surface area contributed by atoms with Crippen molar-refractivity contribution < 1.29 is 12.8 Å². The largest absolute Gasteiger partial charge is 0.324 e. The first-order chi connectivity index (χ1) is 9.53. The third-order valence-electron chi connectivity index (χ3n) is 2.74. The van der Waals surface area contributed by atoms with Gasteiger partial charge < -0.3 is 5.43 Å². The highest BCUT2D eigenvalue weighted by Gasteiger charge is 2.14. The molecule has 4 N–H and O–H groups in total. The minimum atomic E-state index is -3.69. The van der Waals surface area contributed by atoms with Gasteiger partial charge in [-0.05, 0) is 30.3 Å². The average Bonchev–Trinajstić information content (AvgIpc) is 2.46. The Morgan fingerprint density at radius 3 is 2.30 bits per heavy atom. The fourth-order valence-electron chi connectivity index (χ4n) is 1.63. The van der Waals surface area contributed by atoms with Crippen molar-refractivity contribution in [3.8, 4) is 0 Å². The van der Waals surface area contributed by atoms with E-state index >= 15 is 0 Å². The second-order valence-electron chi connectivity index (χ2n) is 4.08. The van der Waals surface area contributed by atoms with Crippen LogP contribution in [0.5, 0.6) is 0 Å². The molecular weight excluding hydrogens is 281 g/mol. The number of hydrazine groups is 1. The first-order valence-electron chi connectivity index (χ1n) is 5.83. The minimum Gasteiger partial charge on any atom is -0.324 e. The Kier molecular flexibility index (Phi) is 4.33. The summed E-state index contributed by atoms with van der Waals surface area (Å²) in [6.45, 7) is -0.105. The normalized spacial score (nSPS) is 11.3. The molecule has 0 spiro atoms. The number of hydrogen-bond acceptors (Lipinski definition) is 4. The Morgan fingerprint density at radius 2 is 1.70 bits per heavy atom. The Labute approximate surface area is 116 Å². The third kappa shape index (κ3) is 3.32. The van der Waals surface area contributed by atoms with E-state index < -0.39 is 15.8 Å². The van der Waals surface area contributed by atoms with Gasteiger partial charge in [-0.15, -0.1) is 0 Å². The van der Waals surface area contributed by atoms with E-state index in [-0.39, 0.29) is 17.0 Å². The van der Waals surface area contributed by atoms with Gasteiger partial charge in [-0.2, -0.15) is 0 Å². The van der Waals surface area contributed by atoms with Crippen LogP contribution in [0.15, 0.2) is 53.4 Å². The zero-order valence-electron chi connectivity index (χ0n) is 10.5. The van der Waals surface area contributed by atoms with Crippen molar-refractivity contribution in [2.24, 2.45) is 5.84 Å². The highest BCUT2D eigenvalue weighted by Crippen LogP contribution is 2.14. The Hall–Kier alpha value is -1.96. The molecule has 0 aliphatic rings. The molecule has 0 amide bonds. The summed E-state index contributed by atoms with van der Waals surface area (Å²) in [4.78, 5) is 0.0906. The summed E-state index contributed by atoms with van der Waals surface area (Å²) in [7, 11) is -3.69. The predicted molar refractivity (Wildman–Crippen MR) is 74.7 cm³/mol. The van der Waals surface area contributed by atoms with Crippen LogP contribution in [0.3, 0.4) is 0 Å². The van der Waals surface area contributed by atoms with Crippen LogP contribution in [-0.4, -0.2) is 8.42 Å². The molecule has 20 heavy (non-hydrogen) atoms. The maximum absolute atomic E-state index is 13.4. The standard InChI is InChI=1S/C13H14FN3O2S/c14-13-4-2-1-3-10(13)9-16-20(18,19)12-7-5-11(17-15)6-8-12/h1-8,16-17H,9,15H2. The molecule has 7 heteroatoms. The lowest BCUT2D eigenvalue weighted by Gasteiger charge is -2.08. The number of nitrogen functional groups attached to an aromatic ring is 1. The zero-order valence-corrected chi connectivity index (χ0v) is 11.3. The number of halogens is 1. The molecule has 0 aromatic heterocycles. The molecule has 0 bridgehead atoms. The molecule has 0 radical (unpaired) electrons. The van der Waals surface area contributed by atoms with Crippen molar-refractivity contribution in [2.75, 3.05) is 5.43 Å². The molecule has 0 unspecified atom stereocenters. The maximum Gasteiger partial charge on any atom is 0.240 e. The number of sulfonamides is 1. The lowest BCUT2D eigenvalue weighted by atomic mass is 10.2. The SMILES string of the molecule is NNc1ccc(S(=O)(=O)NCc2ccccc2F)cc1. The number of nitrogens with one attached hydrogen (secondary N) is 2. The van der Waals surface area contributed by atoms with Gasteiger partial charge >= 0.3 is 0 Å². The van der Waals surface area contributed by atoms with E-state index in [2.05, 4.69) is 10.1 Å². The van der Waals surface area contributed by atoms with E-state index in [1.165, 1.54) is 36.4 Å². The smallest absolute Gasteiger partial charge is 0.240 e.